The van der Waals surface area contributed by atoms with E-state index in [4.69, 9.17) is 4.74 Å². The summed E-state index contributed by atoms with van der Waals surface area (Å²) in [6.45, 7) is 2.62. The molecule has 0 aliphatic rings. The van der Waals surface area contributed by atoms with E-state index >= 15 is 0 Å². The van der Waals surface area contributed by atoms with Crippen molar-refractivity contribution in [2.45, 2.75) is 13.5 Å². The standard InChI is InChI=1S/C11H14N2O4/c1-9-12-5-6-13(9)7-8-17-11(15)4-3-10(14)16-2/h3-6H,7-8H2,1-2H3/b4-3+. The highest BCUT2D eigenvalue weighted by Gasteiger charge is 2.01. The fourth-order valence-corrected chi connectivity index (χ4v) is 1.14. The van der Waals surface area contributed by atoms with Gasteiger partial charge in [-0.2, -0.15) is 0 Å². The van der Waals surface area contributed by atoms with Crippen LogP contribution in [0.25, 0.3) is 0 Å². The zero-order valence-electron chi connectivity index (χ0n) is 9.75. The summed E-state index contributed by atoms with van der Waals surface area (Å²) >= 11 is 0. The van der Waals surface area contributed by atoms with Crippen LogP contribution in [-0.4, -0.2) is 35.2 Å². The Morgan fingerprint density at radius 1 is 1.41 bits per heavy atom. The van der Waals surface area contributed by atoms with Crippen molar-refractivity contribution in [3.05, 3.63) is 30.4 Å². The minimum absolute atomic E-state index is 0.224. The van der Waals surface area contributed by atoms with E-state index in [0.717, 1.165) is 18.0 Å². The molecule has 0 spiro atoms. The molecule has 6 nitrogen and oxygen atoms in total. The van der Waals surface area contributed by atoms with Crippen molar-refractivity contribution < 1.29 is 19.1 Å². The molecule has 6 heteroatoms. The number of aryl methyl sites for hydroxylation is 1. The summed E-state index contributed by atoms with van der Waals surface area (Å²) in [5.74, 6) is -0.313. The molecule has 17 heavy (non-hydrogen) atoms. The number of imidazole rings is 1. The van der Waals surface area contributed by atoms with Crippen LogP contribution < -0.4 is 0 Å². The van der Waals surface area contributed by atoms with E-state index in [1.54, 1.807) is 12.4 Å². The van der Waals surface area contributed by atoms with Gasteiger partial charge >= 0.3 is 11.9 Å². The van der Waals surface area contributed by atoms with E-state index in [9.17, 15) is 9.59 Å². The number of hydrogen-bond donors (Lipinski definition) is 0. The molecular formula is C11H14N2O4. The minimum Gasteiger partial charge on any atom is -0.466 e. The van der Waals surface area contributed by atoms with Crippen LogP contribution in [0.2, 0.25) is 0 Å². The monoisotopic (exact) mass is 238 g/mol. The lowest BCUT2D eigenvalue weighted by molar-refractivity contribution is -0.139. The van der Waals surface area contributed by atoms with Crippen LogP contribution in [0.1, 0.15) is 5.82 Å². The van der Waals surface area contributed by atoms with Gasteiger partial charge in [0.15, 0.2) is 0 Å². The number of ether oxygens (including phenoxy) is 2. The molecule has 0 unspecified atom stereocenters. The average Bonchev–Trinajstić information content (AvgIpc) is 2.72. The first-order chi connectivity index (χ1) is 8.13. The number of methoxy groups -OCH3 is 1. The van der Waals surface area contributed by atoms with Crippen LogP contribution in [0.3, 0.4) is 0 Å². The molecule has 0 amide bonds. The molecule has 1 rings (SSSR count). The Morgan fingerprint density at radius 2 is 2.12 bits per heavy atom. The molecule has 0 saturated carbocycles. The summed E-state index contributed by atoms with van der Waals surface area (Å²) in [5.41, 5.74) is 0. The second-order valence-corrected chi connectivity index (χ2v) is 3.19. The van der Waals surface area contributed by atoms with Gasteiger partial charge in [-0.25, -0.2) is 14.6 Å². The third-order valence-electron chi connectivity index (χ3n) is 2.06. The molecule has 1 aromatic rings. The Hall–Kier alpha value is -2.11. The summed E-state index contributed by atoms with van der Waals surface area (Å²) in [4.78, 5) is 25.9. The minimum atomic E-state index is -0.590. The maximum atomic E-state index is 11.1. The van der Waals surface area contributed by atoms with Crippen LogP contribution in [0.5, 0.6) is 0 Å². The third-order valence-corrected chi connectivity index (χ3v) is 2.06. The fourth-order valence-electron chi connectivity index (χ4n) is 1.14. The van der Waals surface area contributed by atoms with E-state index in [-0.39, 0.29) is 6.61 Å². The maximum absolute atomic E-state index is 11.1. The Morgan fingerprint density at radius 3 is 2.71 bits per heavy atom. The highest BCUT2D eigenvalue weighted by atomic mass is 16.5. The van der Waals surface area contributed by atoms with Crippen LogP contribution in [-0.2, 0) is 25.6 Å². The predicted octanol–water partition coefficient (Wildman–Crippen LogP) is 0.464. The summed E-state index contributed by atoms with van der Waals surface area (Å²) < 4.78 is 11.1. The van der Waals surface area contributed by atoms with Crippen LogP contribution >= 0.6 is 0 Å². The maximum Gasteiger partial charge on any atom is 0.331 e. The number of nitrogens with zero attached hydrogens (tertiary/aromatic N) is 2. The van der Waals surface area contributed by atoms with E-state index in [2.05, 4.69) is 9.72 Å². The number of rotatable bonds is 5. The van der Waals surface area contributed by atoms with Gasteiger partial charge in [0.05, 0.1) is 13.7 Å². The van der Waals surface area contributed by atoms with Gasteiger partial charge in [-0.1, -0.05) is 0 Å². The van der Waals surface area contributed by atoms with E-state index in [1.807, 2.05) is 11.5 Å². The van der Waals surface area contributed by atoms with Crippen molar-refractivity contribution in [3.8, 4) is 0 Å². The Kier molecular flexibility index (Phi) is 4.93. The van der Waals surface area contributed by atoms with Gasteiger partial charge in [0.2, 0.25) is 0 Å². The quantitative estimate of drug-likeness (QED) is 0.550. The predicted molar refractivity (Wildman–Crippen MR) is 59.1 cm³/mol. The zero-order valence-corrected chi connectivity index (χ0v) is 9.75. The van der Waals surface area contributed by atoms with Gasteiger partial charge in [-0.15, -0.1) is 0 Å². The third kappa shape index (κ3) is 4.50. The Labute approximate surface area is 98.9 Å². The van der Waals surface area contributed by atoms with Gasteiger partial charge in [-0.05, 0) is 6.92 Å². The molecule has 0 radical (unpaired) electrons. The fraction of sp³-hybridized carbons (Fsp3) is 0.364. The van der Waals surface area contributed by atoms with Crippen molar-refractivity contribution in [2.24, 2.45) is 0 Å². The van der Waals surface area contributed by atoms with Crippen molar-refractivity contribution in [2.75, 3.05) is 13.7 Å². The summed E-state index contributed by atoms with van der Waals surface area (Å²) in [6.07, 6.45) is 5.53. The average molecular weight is 238 g/mol. The van der Waals surface area contributed by atoms with Crippen molar-refractivity contribution in [1.82, 2.24) is 9.55 Å². The van der Waals surface area contributed by atoms with Crippen molar-refractivity contribution in [1.29, 1.82) is 0 Å². The van der Waals surface area contributed by atoms with Gasteiger partial charge in [0.1, 0.15) is 12.4 Å². The van der Waals surface area contributed by atoms with Crippen molar-refractivity contribution in [3.63, 3.8) is 0 Å². The number of hydrogen-bond acceptors (Lipinski definition) is 5. The normalized spacial score (nSPS) is 10.5. The molecule has 0 aliphatic heterocycles. The first-order valence-electron chi connectivity index (χ1n) is 5.04. The van der Waals surface area contributed by atoms with Crippen LogP contribution in [0.4, 0.5) is 0 Å². The van der Waals surface area contributed by atoms with Crippen molar-refractivity contribution >= 4 is 11.9 Å². The Bertz CT molecular complexity index is 423. The first-order valence-corrected chi connectivity index (χ1v) is 5.04. The molecule has 1 heterocycles. The second kappa shape index (κ2) is 6.47. The van der Waals surface area contributed by atoms with E-state index < -0.39 is 11.9 Å². The molecule has 1 aromatic heterocycles. The number of aromatic nitrogens is 2. The largest absolute Gasteiger partial charge is 0.466 e. The van der Waals surface area contributed by atoms with Gasteiger partial charge in [0.25, 0.3) is 0 Å². The van der Waals surface area contributed by atoms with Gasteiger partial charge in [0, 0.05) is 24.5 Å². The second-order valence-electron chi connectivity index (χ2n) is 3.19. The lowest BCUT2D eigenvalue weighted by Crippen LogP contribution is -2.10. The molecule has 0 atom stereocenters. The SMILES string of the molecule is COC(=O)/C=C/C(=O)OCCn1ccnc1C. The summed E-state index contributed by atoms with van der Waals surface area (Å²) in [6, 6.07) is 0. The summed E-state index contributed by atoms with van der Waals surface area (Å²) in [7, 11) is 1.24. The Balaban J connectivity index is 2.27. The molecule has 92 valence electrons. The highest BCUT2D eigenvalue weighted by Crippen LogP contribution is 1.95. The van der Waals surface area contributed by atoms with E-state index in [0.29, 0.717) is 6.54 Å². The van der Waals surface area contributed by atoms with Crippen LogP contribution in [0, 0.1) is 6.92 Å². The highest BCUT2D eigenvalue weighted by molar-refractivity contribution is 5.91. The summed E-state index contributed by atoms with van der Waals surface area (Å²) in [5, 5.41) is 0. The lowest BCUT2D eigenvalue weighted by atomic mass is 10.5. The number of carbonyl (C=O) groups excluding carboxylic acids is 2. The first kappa shape index (κ1) is 13.0. The molecule has 0 aromatic carbocycles. The number of esters is 2. The topological polar surface area (TPSA) is 70.4 Å². The van der Waals surface area contributed by atoms with Gasteiger partial charge in [-0.3, -0.25) is 0 Å². The molecule has 0 aliphatic carbocycles. The zero-order chi connectivity index (χ0) is 12.7. The molecule has 0 fully saturated rings. The van der Waals surface area contributed by atoms with Gasteiger partial charge < -0.3 is 14.0 Å². The lowest BCUT2D eigenvalue weighted by Gasteiger charge is -2.04. The molecule has 0 bridgehead atoms. The molecule has 0 saturated heterocycles. The molecule has 0 N–H and O–H groups in total. The van der Waals surface area contributed by atoms with E-state index in [1.165, 1.54) is 7.11 Å². The molecular weight excluding hydrogens is 224 g/mol. The van der Waals surface area contributed by atoms with Crippen LogP contribution in [0.15, 0.2) is 24.5 Å². The smallest absolute Gasteiger partial charge is 0.331 e. The number of carbonyl (C=O) groups is 2.